The molecule has 158 valence electrons. The number of nitrogens with zero attached hydrogens (tertiary/aromatic N) is 4. The van der Waals surface area contributed by atoms with Gasteiger partial charge in [0.15, 0.2) is 5.65 Å². The Balaban J connectivity index is 1.60. The molecule has 0 spiro atoms. The fraction of sp³-hybridized carbons (Fsp3) is 0.182. The van der Waals surface area contributed by atoms with E-state index in [9.17, 15) is 9.59 Å². The number of carbonyl (C=O) groups is 1. The number of hydrogen-bond donors (Lipinski definition) is 1. The van der Waals surface area contributed by atoms with Gasteiger partial charge in [-0.3, -0.25) is 4.79 Å². The second-order valence-corrected chi connectivity index (χ2v) is 9.13. The quantitative estimate of drug-likeness (QED) is 0.442. The fourth-order valence-electron chi connectivity index (χ4n) is 3.18. The summed E-state index contributed by atoms with van der Waals surface area (Å²) >= 11 is 4.89. The molecular weight excluding hydrogens is 478 g/mol. The smallest absolute Gasteiger partial charge is 0.324 e. The van der Waals surface area contributed by atoms with Crippen LogP contribution < -0.4 is 11.0 Å². The maximum Gasteiger partial charge on any atom is 0.350 e. The first-order valence-electron chi connectivity index (χ1n) is 9.57. The third-order valence-electron chi connectivity index (χ3n) is 4.74. The molecule has 4 rings (SSSR count). The van der Waals surface area contributed by atoms with Crippen LogP contribution in [0.5, 0.6) is 0 Å². The second-order valence-electron chi connectivity index (χ2n) is 7.25. The SMILES string of the molecule is Cc1ccc(Sc2nccn3c(=O)n(CC(=O)Nc4ccc(Br)c(C)c4)nc23)c(C)c1. The van der Waals surface area contributed by atoms with Crippen molar-refractivity contribution in [3.05, 3.63) is 80.4 Å². The highest BCUT2D eigenvalue weighted by Crippen LogP contribution is 2.31. The number of nitrogens with one attached hydrogen (secondary N) is 1. The van der Waals surface area contributed by atoms with Gasteiger partial charge < -0.3 is 5.32 Å². The Morgan fingerprint density at radius 3 is 2.68 bits per heavy atom. The molecular formula is C22H20BrN5O2S. The first kappa shape index (κ1) is 21.3. The Bertz CT molecular complexity index is 1360. The van der Waals surface area contributed by atoms with Gasteiger partial charge in [-0.2, -0.15) is 0 Å². The van der Waals surface area contributed by atoms with E-state index in [4.69, 9.17) is 0 Å². The fourth-order valence-corrected chi connectivity index (χ4v) is 4.33. The molecule has 0 aliphatic heterocycles. The normalized spacial score (nSPS) is 11.1. The van der Waals surface area contributed by atoms with Gasteiger partial charge >= 0.3 is 5.69 Å². The first-order chi connectivity index (χ1) is 14.8. The molecule has 7 nitrogen and oxygen atoms in total. The van der Waals surface area contributed by atoms with Crippen molar-refractivity contribution in [1.29, 1.82) is 0 Å². The van der Waals surface area contributed by atoms with Crippen LogP contribution in [0.25, 0.3) is 5.65 Å². The molecule has 0 saturated carbocycles. The lowest BCUT2D eigenvalue weighted by Gasteiger charge is -2.06. The van der Waals surface area contributed by atoms with Crippen LogP contribution >= 0.6 is 27.7 Å². The molecule has 4 aromatic rings. The summed E-state index contributed by atoms with van der Waals surface area (Å²) < 4.78 is 3.53. The molecule has 0 saturated heterocycles. The van der Waals surface area contributed by atoms with Gasteiger partial charge in [-0.15, -0.1) is 5.10 Å². The summed E-state index contributed by atoms with van der Waals surface area (Å²) in [5.74, 6) is -0.330. The van der Waals surface area contributed by atoms with E-state index in [1.165, 1.54) is 21.7 Å². The third kappa shape index (κ3) is 4.57. The average Bonchev–Trinajstić information content (AvgIpc) is 3.03. The Morgan fingerprint density at radius 1 is 1.13 bits per heavy atom. The first-order valence-corrected chi connectivity index (χ1v) is 11.2. The molecule has 2 aromatic heterocycles. The van der Waals surface area contributed by atoms with Crippen molar-refractivity contribution in [3.63, 3.8) is 0 Å². The maximum atomic E-state index is 12.8. The molecule has 9 heteroatoms. The Hall–Kier alpha value is -2.91. The van der Waals surface area contributed by atoms with Crippen LogP contribution in [0.15, 0.2) is 68.0 Å². The van der Waals surface area contributed by atoms with E-state index in [2.05, 4.69) is 37.4 Å². The number of anilines is 1. The standard InChI is InChI=1S/C22H20BrN5O2S/c1-13-4-7-18(15(3)10-13)31-21-20-26-28(22(30)27(20)9-8-24-21)12-19(29)25-16-5-6-17(23)14(2)11-16/h4-11H,12H2,1-3H3,(H,25,29). The highest BCUT2D eigenvalue weighted by Gasteiger charge is 2.16. The molecule has 0 atom stereocenters. The molecule has 2 aromatic carbocycles. The summed E-state index contributed by atoms with van der Waals surface area (Å²) in [6.45, 7) is 5.83. The average molecular weight is 498 g/mol. The van der Waals surface area contributed by atoms with Crippen molar-refractivity contribution in [2.45, 2.75) is 37.2 Å². The zero-order chi connectivity index (χ0) is 22.1. The zero-order valence-corrected chi connectivity index (χ0v) is 19.6. The van der Waals surface area contributed by atoms with Gasteiger partial charge in [0.05, 0.1) is 0 Å². The Morgan fingerprint density at radius 2 is 1.94 bits per heavy atom. The minimum atomic E-state index is -0.387. The highest BCUT2D eigenvalue weighted by molar-refractivity contribution is 9.10. The van der Waals surface area contributed by atoms with Gasteiger partial charge in [0, 0.05) is 27.4 Å². The van der Waals surface area contributed by atoms with Crippen molar-refractivity contribution in [3.8, 4) is 0 Å². The highest BCUT2D eigenvalue weighted by atomic mass is 79.9. The van der Waals surface area contributed by atoms with Crippen molar-refractivity contribution in [1.82, 2.24) is 19.2 Å². The zero-order valence-electron chi connectivity index (χ0n) is 17.2. The number of hydrogen-bond acceptors (Lipinski definition) is 5. The number of halogens is 1. The molecule has 0 radical (unpaired) electrons. The second kappa shape index (κ2) is 8.68. The number of rotatable bonds is 5. The van der Waals surface area contributed by atoms with Crippen molar-refractivity contribution in [2.75, 3.05) is 5.32 Å². The van der Waals surface area contributed by atoms with E-state index in [0.29, 0.717) is 16.4 Å². The van der Waals surface area contributed by atoms with Gasteiger partial charge in [-0.25, -0.2) is 18.9 Å². The summed E-state index contributed by atoms with van der Waals surface area (Å²) in [5, 5.41) is 7.80. The van der Waals surface area contributed by atoms with E-state index >= 15 is 0 Å². The lowest BCUT2D eigenvalue weighted by atomic mass is 10.2. The summed E-state index contributed by atoms with van der Waals surface area (Å²) in [4.78, 5) is 30.7. The van der Waals surface area contributed by atoms with Crippen LogP contribution in [0.1, 0.15) is 16.7 Å². The number of aryl methyl sites for hydroxylation is 3. The van der Waals surface area contributed by atoms with Crippen LogP contribution in [0.2, 0.25) is 0 Å². The van der Waals surface area contributed by atoms with Crippen molar-refractivity contribution in [2.24, 2.45) is 0 Å². The summed E-state index contributed by atoms with van der Waals surface area (Å²) in [6.07, 6.45) is 3.13. The van der Waals surface area contributed by atoms with Gasteiger partial charge in [-0.05, 0) is 56.2 Å². The minimum Gasteiger partial charge on any atom is -0.324 e. The number of carbonyl (C=O) groups excluding carboxylic acids is 1. The van der Waals surface area contributed by atoms with Gasteiger partial charge in [0.25, 0.3) is 0 Å². The Labute approximate surface area is 191 Å². The lowest BCUT2D eigenvalue weighted by molar-refractivity contribution is -0.117. The van der Waals surface area contributed by atoms with Gasteiger partial charge in [0.2, 0.25) is 5.91 Å². The number of benzene rings is 2. The molecule has 0 bridgehead atoms. The van der Waals surface area contributed by atoms with Crippen LogP contribution in [0.3, 0.4) is 0 Å². The van der Waals surface area contributed by atoms with Crippen molar-refractivity contribution < 1.29 is 4.79 Å². The number of fused-ring (bicyclic) bond motifs is 1. The van der Waals surface area contributed by atoms with E-state index in [0.717, 1.165) is 25.2 Å². The minimum absolute atomic E-state index is 0.191. The summed E-state index contributed by atoms with van der Waals surface area (Å²) in [6, 6.07) is 11.7. The lowest BCUT2D eigenvalue weighted by Crippen LogP contribution is -2.28. The van der Waals surface area contributed by atoms with E-state index in [-0.39, 0.29) is 18.1 Å². The van der Waals surface area contributed by atoms with Crippen LogP contribution in [-0.4, -0.2) is 25.1 Å². The molecule has 31 heavy (non-hydrogen) atoms. The van der Waals surface area contributed by atoms with Gasteiger partial charge in [-0.1, -0.05) is 45.4 Å². The number of aromatic nitrogens is 4. The molecule has 1 N–H and O–H groups in total. The predicted octanol–water partition coefficient (Wildman–Crippen LogP) is 4.37. The molecule has 0 fully saturated rings. The largest absolute Gasteiger partial charge is 0.350 e. The third-order valence-corrected chi connectivity index (χ3v) is 6.79. The maximum absolute atomic E-state index is 12.8. The summed E-state index contributed by atoms with van der Waals surface area (Å²) in [5.41, 5.74) is 4.00. The van der Waals surface area contributed by atoms with E-state index in [1.54, 1.807) is 18.5 Å². The van der Waals surface area contributed by atoms with Crippen LogP contribution in [-0.2, 0) is 11.3 Å². The molecule has 0 aliphatic carbocycles. The molecule has 0 aliphatic rings. The monoisotopic (exact) mass is 497 g/mol. The van der Waals surface area contributed by atoms with Crippen LogP contribution in [0.4, 0.5) is 5.69 Å². The molecule has 0 unspecified atom stereocenters. The van der Waals surface area contributed by atoms with Crippen molar-refractivity contribution >= 4 is 44.9 Å². The van der Waals surface area contributed by atoms with E-state index in [1.807, 2.05) is 45.0 Å². The van der Waals surface area contributed by atoms with E-state index < -0.39 is 0 Å². The number of amides is 1. The van der Waals surface area contributed by atoms with Crippen LogP contribution in [0, 0.1) is 20.8 Å². The predicted molar refractivity (Wildman–Crippen MR) is 125 cm³/mol. The Kier molecular flexibility index (Phi) is 5.97. The topological polar surface area (TPSA) is 81.3 Å². The molecule has 1 amide bonds. The van der Waals surface area contributed by atoms with Gasteiger partial charge in [0.1, 0.15) is 11.6 Å². The molecule has 2 heterocycles. The summed E-state index contributed by atoms with van der Waals surface area (Å²) in [7, 11) is 0.